The zero-order chi connectivity index (χ0) is 22.4. The number of aryl methyl sites for hydroxylation is 2. The zero-order valence-corrected chi connectivity index (χ0v) is 19.2. The van der Waals surface area contributed by atoms with Gasteiger partial charge in [-0.2, -0.15) is 5.48 Å². The summed E-state index contributed by atoms with van der Waals surface area (Å²) in [5.74, 6) is 0.124. The van der Waals surface area contributed by atoms with Crippen LogP contribution >= 0.6 is 0 Å². The quantitative estimate of drug-likeness (QED) is 0.342. The predicted molar refractivity (Wildman–Crippen MR) is 128 cm³/mol. The van der Waals surface area contributed by atoms with Crippen LogP contribution in [0.1, 0.15) is 80.9 Å². The van der Waals surface area contributed by atoms with E-state index in [1.165, 1.54) is 49.7 Å². The third-order valence-electron chi connectivity index (χ3n) is 6.41. The Morgan fingerprint density at radius 1 is 0.781 bits per heavy atom. The lowest BCUT2D eigenvalue weighted by Crippen LogP contribution is -2.28. The van der Waals surface area contributed by atoms with E-state index in [2.05, 4.69) is 41.9 Å². The van der Waals surface area contributed by atoms with Gasteiger partial charge in [-0.1, -0.05) is 86.7 Å². The van der Waals surface area contributed by atoms with Crippen LogP contribution in [-0.2, 0) is 33.7 Å². The van der Waals surface area contributed by atoms with Gasteiger partial charge in [0.15, 0.2) is 0 Å². The van der Waals surface area contributed by atoms with E-state index in [1.54, 1.807) is 0 Å². The van der Waals surface area contributed by atoms with Crippen molar-refractivity contribution in [2.45, 2.75) is 83.5 Å². The van der Waals surface area contributed by atoms with E-state index in [-0.39, 0.29) is 18.3 Å². The van der Waals surface area contributed by atoms with Crippen molar-refractivity contribution >= 4 is 11.9 Å². The van der Waals surface area contributed by atoms with Crippen LogP contribution in [0, 0.1) is 5.92 Å². The molecule has 172 valence electrons. The third kappa shape index (κ3) is 9.25. The molecule has 32 heavy (non-hydrogen) atoms. The molecule has 1 amide bonds. The van der Waals surface area contributed by atoms with Gasteiger partial charge < -0.3 is 4.84 Å². The predicted octanol–water partition coefficient (Wildman–Crippen LogP) is 6.12. The second-order valence-corrected chi connectivity index (χ2v) is 9.08. The Labute approximate surface area is 192 Å². The number of carbonyl (C=O) groups is 2. The van der Waals surface area contributed by atoms with Gasteiger partial charge in [0.25, 0.3) is 5.91 Å². The standard InChI is InChI=1S/C28H37NO3/c30-27(29-32-28(31)17-9-16-24-12-5-2-6-13-24)22-26-20-18-25(19-21-26)15-8-7-14-23-10-3-1-4-11-23/h1,3-4,10-11,18-21,24H,2,5-9,12-17,22H2,(H,29,30). The number of carbonyl (C=O) groups excluding carboxylic acids is 2. The molecule has 4 nitrogen and oxygen atoms in total. The van der Waals surface area contributed by atoms with Crippen molar-refractivity contribution in [2.24, 2.45) is 5.92 Å². The van der Waals surface area contributed by atoms with Crippen molar-refractivity contribution in [3.63, 3.8) is 0 Å². The molecule has 2 aromatic rings. The Hall–Kier alpha value is -2.62. The first-order valence-electron chi connectivity index (χ1n) is 12.3. The molecule has 0 bridgehead atoms. The van der Waals surface area contributed by atoms with Gasteiger partial charge >= 0.3 is 5.97 Å². The van der Waals surface area contributed by atoms with E-state index in [0.717, 1.165) is 43.6 Å². The van der Waals surface area contributed by atoms with Gasteiger partial charge in [0, 0.05) is 6.42 Å². The lowest BCUT2D eigenvalue weighted by Gasteiger charge is -2.20. The molecule has 0 aliphatic heterocycles. The minimum atomic E-state index is -0.347. The van der Waals surface area contributed by atoms with Gasteiger partial charge in [0.2, 0.25) is 0 Å². The molecule has 0 heterocycles. The summed E-state index contributed by atoms with van der Waals surface area (Å²) < 4.78 is 0. The van der Waals surface area contributed by atoms with Crippen LogP contribution in [0.15, 0.2) is 54.6 Å². The van der Waals surface area contributed by atoms with Gasteiger partial charge in [0.1, 0.15) is 0 Å². The Kier molecular flexibility index (Phi) is 10.3. The van der Waals surface area contributed by atoms with Gasteiger partial charge in [-0.15, -0.1) is 0 Å². The van der Waals surface area contributed by atoms with Crippen LogP contribution in [0.2, 0.25) is 0 Å². The number of rotatable bonds is 11. The van der Waals surface area contributed by atoms with Crippen molar-refractivity contribution < 1.29 is 14.4 Å². The maximum Gasteiger partial charge on any atom is 0.332 e. The molecule has 1 saturated carbocycles. The number of unbranched alkanes of at least 4 members (excludes halogenated alkanes) is 1. The van der Waals surface area contributed by atoms with Gasteiger partial charge in [-0.3, -0.25) is 4.79 Å². The molecule has 1 aliphatic carbocycles. The third-order valence-corrected chi connectivity index (χ3v) is 6.41. The molecule has 0 radical (unpaired) electrons. The minimum absolute atomic E-state index is 0.212. The molecular formula is C28H37NO3. The number of hydroxylamine groups is 1. The van der Waals surface area contributed by atoms with E-state index in [0.29, 0.717) is 6.42 Å². The first-order chi connectivity index (χ1) is 15.7. The summed E-state index contributed by atoms with van der Waals surface area (Å²) in [6.45, 7) is 0. The smallest absolute Gasteiger partial charge is 0.332 e. The number of hydrogen-bond acceptors (Lipinski definition) is 3. The second kappa shape index (κ2) is 13.7. The van der Waals surface area contributed by atoms with Gasteiger partial charge in [-0.05, 0) is 61.1 Å². The molecule has 0 spiro atoms. The number of hydrogen-bond donors (Lipinski definition) is 1. The zero-order valence-electron chi connectivity index (χ0n) is 19.2. The fourth-order valence-electron chi connectivity index (χ4n) is 4.52. The normalized spacial score (nSPS) is 14.1. The highest BCUT2D eigenvalue weighted by Crippen LogP contribution is 2.27. The number of amides is 1. The maximum absolute atomic E-state index is 12.1. The average molecular weight is 436 g/mol. The van der Waals surface area contributed by atoms with E-state index in [9.17, 15) is 9.59 Å². The Morgan fingerprint density at radius 3 is 2.09 bits per heavy atom. The van der Waals surface area contributed by atoms with Crippen molar-refractivity contribution in [2.75, 3.05) is 0 Å². The molecule has 4 heteroatoms. The molecule has 1 aliphatic rings. The van der Waals surface area contributed by atoms with E-state index in [4.69, 9.17) is 4.84 Å². The first kappa shape index (κ1) is 24.0. The SMILES string of the molecule is O=C(Cc1ccc(CCCCc2ccccc2)cc1)NOC(=O)CCCC1CCCCC1. The minimum Gasteiger partial charge on any atom is -0.341 e. The highest BCUT2D eigenvalue weighted by atomic mass is 16.7. The molecule has 1 fully saturated rings. The largest absolute Gasteiger partial charge is 0.341 e. The van der Waals surface area contributed by atoms with E-state index >= 15 is 0 Å². The number of nitrogens with one attached hydrogen (secondary N) is 1. The summed E-state index contributed by atoms with van der Waals surface area (Å²) in [6, 6.07) is 18.7. The van der Waals surface area contributed by atoms with Crippen LogP contribution in [0.4, 0.5) is 0 Å². The average Bonchev–Trinajstić information content (AvgIpc) is 2.83. The van der Waals surface area contributed by atoms with Crippen LogP contribution in [0.5, 0.6) is 0 Å². The molecule has 1 N–H and O–H groups in total. The van der Waals surface area contributed by atoms with E-state index < -0.39 is 0 Å². The molecule has 0 saturated heterocycles. The lowest BCUT2D eigenvalue weighted by atomic mass is 9.86. The summed E-state index contributed by atoms with van der Waals surface area (Å²) >= 11 is 0. The second-order valence-electron chi connectivity index (χ2n) is 9.08. The maximum atomic E-state index is 12.1. The van der Waals surface area contributed by atoms with Crippen molar-refractivity contribution in [1.29, 1.82) is 0 Å². The van der Waals surface area contributed by atoms with Crippen LogP contribution in [0.25, 0.3) is 0 Å². The summed E-state index contributed by atoms with van der Waals surface area (Å²) in [6.07, 6.45) is 13.5. The fraction of sp³-hybridized carbons (Fsp3) is 0.500. The molecule has 0 unspecified atom stereocenters. The molecular weight excluding hydrogens is 398 g/mol. The van der Waals surface area contributed by atoms with Crippen LogP contribution < -0.4 is 5.48 Å². The fourth-order valence-corrected chi connectivity index (χ4v) is 4.52. The Balaban J connectivity index is 1.26. The van der Waals surface area contributed by atoms with Crippen molar-refractivity contribution in [1.82, 2.24) is 5.48 Å². The van der Waals surface area contributed by atoms with E-state index in [1.807, 2.05) is 18.2 Å². The summed E-state index contributed by atoms with van der Waals surface area (Å²) in [5.41, 5.74) is 5.89. The van der Waals surface area contributed by atoms with Crippen LogP contribution in [-0.4, -0.2) is 11.9 Å². The first-order valence-corrected chi connectivity index (χ1v) is 12.3. The summed E-state index contributed by atoms with van der Waals surface area (Å²) in [7, 11) is 0. The topological polar surface area (TPSA) is 55.4 Å². The summed E-state index contributed by atoms with van der Waals surface area (Å²) in [5, 5.41) is 0. The van der Waals surface area contributed by atoms with Crippen molar-refractivity contribution in [3.05, 3.63) is 71.3 Å². The number of benzene rings is 2. The Bertz CT molecular complexity index is 810. The van der Waals surface area contributed by atoms with Crippen LogP contribution in [0.3, 0.4) is 0 Å². The van der Waals surface area contributed by atoms with Crippen molar-refractivity contribution in [3.8, 4) is 0 Å². The molecule has 3 rings (SSSR count). The highest BCUT2D eigenvalue weighted by Gasteiger charge is 2.14. The van der Waals surface area contributed by atoms with Gasteiger partial charge in [-0.25, -0.2) is 4.79 Å². The highest BCUT2D eigenvalue weighted by molar-refractivity contribution is 5.79. The molecule has 0 aromatic heterocycles. The lowest BCUT2D eigenvalue weighted by molar-refractivity contribution is -0.158. The molecule has 0 atom stereocenters. The monoisotopic (exact) mass is 435 g/mol. The Morgan fingerprint density at radius 2 is 1.41 bits per heavy atom. The molecule has 2 aromatic carbocycles. The summed E-state index contributed by atoms with van der Waals surface area (Å²) in [4.78, 5) is 28.9. The van der Waals surface area contributed by atoms with Gasteiger partial charge in [0.05, 0.1) is 6.42 Å².